The average molecular weight is 276 g/mol. The maximum absolute atomic E-state index is 5.55. The summed E-state index contributed by atoms with van der Waals surface area (Å²) < 4.78 is 2.35. The Kier molecular flexibility index (Phi) is 1.72. The topological polar surface area (TPSA) is 38.9 Å². The van der Waals surface area contributed by atoms with Crippen LogP contribution >= 0.6 is 33.9 Å². The molecule has 2 nitrogen and oxygen atoms in total. The Labute approximate surface area is 81.6 Å². The standard InChI is InChI=1S/C7H5IN2S/c8-4-1-2-6-5(3-4)10-7(9)11-6/h1-3H,(H2,9,10). The van der Waals surface area contributed by atoms with E-state index < -0.39 is 0 Å². The van der Waals surface area contributed by atoms with Gasteiger partial charge >= 0.3 is 0 Å². The van der Waals surface area contributed by atoms with Crippen LogP contribution in [0.2, 0.25) is 0 Å². The summed E-state index contributed by atoms with van der Waals surface area (Å²) in [6, 6.07) is 6.13. The van der Waals surface area contributed by atoms with E-state index in [-0.39, 0.29) is 0 Å². The van der Waals surface area contributed by atoms with Gasteiger partial charge in [-0.05, 0) is 40.8 Å². The number of nitrogen functional groups attached to an aromatic ring is 1. The van der Waals surface area contributed by atoms with Gasteiger partial charge in [-0.1, -0.05) is 11.3 Å². The molecule has 0 saturated heterocycles. The van der Waals surface area contributed by atoms with Gasteiger partial charge in [0.15, 0.2) is 5.13 Å². The summed E-state index contributed by atoms with van der Waals surface area (Å²) in [6.45, 7) is 0. The van der Waals surface area contributed by atoms with Crippen LogP contribution in [-0.4, -0.2) is 4.98 Å². The van der Waals surface area contributed by atoms with Crippen molar-refractivity contribution in [2.45, 2.75) is 0 Å². The number of nitrogens with two attached hydrogens (primary N) is 1. The van der Waals surface area contributed by atoms with E-state index in [1.165, 1.54) is 14.9 Å². The summed E-state index contributed by atoms with van der Waals surface area (Å²) in [6.07, 6.45) is 0. The molecule has 11 heavy (non-hydrogen) atoms. The Hall–Kier alpha value is -0.360. The Morgan fingerprint density at radius 1 is 1.45 bits per heavy atom. The first-order valence-electron chi connectivity index (χ1n) is 3.07. The third-order valence-corrected chi connectivity index (χ3v) is 2.90. The van der Waals surface area contributed by atoms with Crippen molar-refractivity contribution in [1.29, 1.82) is 0 Å². The average Bonchev–Trinajstić information content (AvgIpc) is 2.27. The Balaban J connectivity index is 2.82. The second-order valence-electron chi connectivity index (χ2n) is 2.16. The molecule has 0 radical (unpaired) electrons. The third kappa shape index (κ3) is 1.32. The van der Waals surface area contributed by atoms with E-state index in [0.717, 1.165) is 10.2 Å². The number of hydrogen-bond acceptors (Lipinski definition) is 3. The minimum atomic E-state index is 0.641. The molecule has 0 aliphatic rings. The Morgan fingerprint density at radius 2 is 2.27 bits per heavy atom. The Bertz CT molecular complexity index is 396. The summed E-state index contributed by atoms with van der Waals surface area (Å²) in [5, 5.41) is 0.641. The minimum Gasteiger partial charge on any atom is -0.375 e. The zero-order valence-electron chi connectivity index (χ0n) is 5.54. The molecule has 2 aromatic rings. The van der Waals surface area contributed by atoms with Crippen LogP contribution in [0.5, 0.6) is 0 Å². The van der Waals surface area contributed by atoms with Crippen LogP contribution < -0.4 is 5.73 Å². The van der Waals surface area contributed by atoms with Crippen molar-refractivity contribution >= 4 is 49.3 Å². The molecular formula is C7H5IN2S. The van der Waals surface area contributed by atoms with Crippen LogP contribution in [-0.2, 0) is 0 Å². The van der Waals surface area contributed by atoms with Crippen molar-refractivity contribution in [3.63, 3.8) is 0 Å². The summed E-state index contributed by atoms with van der Waals surface area (Å²) >= 11 is 3.79. The summed E-state index contributed by atoms with van der Waals surface area (Å²) in [5.41, 5.74) is 6.55. The van der Waals surface area contributed by atoms with Gasteiger partial charge in [-0.3, -0.25) is 0 Å². The van der Waals surface area contributed by atoms with Crippen LogP contribution in [0.3, 0.4) is 0 Å². The van der Waals surface area contributed by atoms with E-state index in [1.807, 2.05) is 12.1 Å². The van der Waals surface area contributed by atoms with Crippen molar-refractivity contribution in [2.75, 3.05) is 5.73 Å². The molecule has 1 aromatic carbocycles. The zero-order valence-corrected chi connectivity index (χ0v) is 8.52. The predicted molar refractivity (Wildman–Crippen MR) is 56.7 cm³/mol. The van der Waals surface area contributed by atoms with Gasteiger partial charge in [0.05, 0.1) is 10.2 Å². The largest absolute Gasteiger partial charge is 0.375 e. The molecule has 0 bridgehead atoms. The SMILES string of the molecule is Nc1nc2cc(I)ccc2s1. The molecule has 0 saturated carbocycles. The van der Waals surface area contributed by atoms with Gasteiger partial charge in [-0.2, -0.15) is 0 Å². The summed E-state index contributed by atoms with van der Waals surface area (Å²) in [7, 11) is 0. The number of hydrogen-bond donors (Lipinski definition) is 1. The number of nitrogens with zero attached hydrogens (tertiary/aromatic N) is 1. The molecule has 0 aliphatic heterocycles. The van der Waals surface area contributed by atoms with E-state index in [1.54, 1.807) is 0 Å². The molecule has 1 aromatic heterocycles. The van der Waals surface area contributed by atoms with Crippen molar-refractivity contribution in [1.82, 2.24) is 4.98 Å². The lowest BCUT2D eigenvalue weighted by Gasteiger charge is -1.86. The molecule has 0 spiro atoms. The monoisotopic (exact) mass is 276 g/mol. The maximum Gasteiger partial charge on any atom is 0.181 e. The van der Waals surface area contributed by atoms with Gasteiger partial charge < -0.3 is 5.73 Å². The number of aromatic nitrogens is 1. The van der Waals surface area contributed by atoms with Gasteiger partial charge in [-0.15, -0.1) is 0 Å². The fourth-order valence-electron chi connectivity index (χ4n) is 0.918. The van der Waals surface area contributed by atoms with E-state index in [9.17, 15) is 0 Å². The zero-order chi connectivity index (χ0) is 7.84. The highest BCUT2D eigenvalue weighted by atomic mass is 127. The van der Waals surface area contributed by atoms with Gasteiger partial charge in [-0.25, -0.2) is 4.98 Å². The van der Waals surface area contributed by atoms with Crippen LogP contribution in [0, 0.1) is 3.57 Å². The highest BCUT2D eigenvalue weighted by Crippen LogP contribution is 2.24. The van der Waals surface area contributed by atoms with E-state index >= 15 is 0 Å². The summed E-state index contributed by atoms with van der Waals surface area (Å²) in [4.78, 5) is 4.17. The molecule has 0 unspecified atom stereocenters. The van der Waals surface area contributed by atoms with Gasteiger partial charge in [0.2, 0.25) is 0 Å². The predicted octanol–water partition coefficient (Wildman–Crippen LogP) is 2.48. The summed E-state index contributed by atoms with van der Waals surface area (Å²) in [5.74, 6) is 0. The van der Waals surface area contributed by atoms with Crippen LogP contribution in [0.1, 0.15) is 0 Å². The van der Waals surface area contributed by atoms with Crippen LogP contribution in [0.15, 0.2) is 18.2 Å². The normalized spacial score (nSPS) is 10.6. The van der Waals surface area contributed by atoms with Crippen molar-refractivity contribution in [2.24, 2.45) is 0 Å². The van der Waals surface area contributed by atoms with Crippen LogP contribution in [0.4, 0.5) is 5.13 Å². The molecule has 0 amide bonds. The van der Waals surface area contributed by atoms with E-state index in [4.69, 9.17) is 5.73 Å². The number of benzene rings is 1. The molecule has 2 rings (SSSR count). The first-order chi connectivity index (χ1) is 5.25. The van der Waals surface area contributed by atoms with Crippen molar-refractivity contribution in [3.8, 4) is 0 Å². The molecule has 0 atom stereocenters. The molecule has 1 heterocycles. The number of rotatable bonds is 0. The molecule has 0 aliphatic carbocycles. The second-order valence-corrected chi connectivity index (χ2v) is 4.47. The number of fused-ring (bicyclic) bond motifs is 1. The second kappa shape index (κ2) is 2.60. The minimum absolute atomic E-state index is 0.641. The van der Waals surface area contributed by atoms with Gasteiger partial charge in [0.1, 0.15) is 0 Å². The first kappa shape index (κ1) is 7.30. The fourth-order valence-corrected chi connectivity index (χ4v) is 2.11. The smallest absolute Gasteiger partial charge is 0.181 e. The molecule has 56 valence electrons. The first-order valence-corrected chi connectivity index (χ1v) is 4.97. The quantitative estimate of drug-likeness (QED) is 0.751. The third-order valence-electron chi connectivity index (χ3n) is 1.37. The van der Waals surface area contributed by atoms with Crippen molar-refractivity contribution in [3.05, 3.63) is 21.8 Å². The van der Waals surface area contributed by atoms with E-state index in [2.05, 4.69) is 33.6 Å². The lowest BCUT2D eigenvalue weighted by molar-refractivity contribution is 1.49. The van der Waals surface area contributed by atoms with E-state index in [0.29, 0.717) is 5.13 Å². The lowest BCUT2D eigenvalue weighted by atomic mass is 10.3. The number of halogens is 1. The molecule has 0 fully saturated rings. The molecule has 4 heteroatoms. The fraction of sp³-hybridized carbons (Fsp3) is 0. The Morgan fingerprint density at radius 3 is 3.09 bits per heavy atom. The molecule has 2 N–H and O–H groups in total. The van der Waals surface area contributed by atoms with Gasteiger partial charge in [0.25, 0.3) is 0 Å². The number of anilines is 1. The lowest BCUT2D eigenvalue weighted by Crippen LogP contribution is -1.79. The van der Waals surface area contributed by atoms with Crippen molar-refractivity contribution < 1.29 is 0 Å². The highest BCUT2D eigenvalue weighted by molar-refractivity contribution is 14.1. The van der Waals surface area contributed by atoms with Gasteiger partial charge in [0, 0.05) is 3.57 Å². The number of thiazole rings is 1. The maximum atomic E-state index is 5.55. The van der Waals surface area contributed by atoms with Crippen LogP contribution in [0.25, 0.3) is 10.2 Å². The molecular weight excluding hydrogens is 271 g/mol. The highest BCUT2D eigenvalue weighted by Gasteiger charge is 1.99.